The molecular formula is C16H16F3NO. The van der Waals surface area contributed by atoms with Crippen LogP contribution in [-0.4, -0.2) is 11.7 Å². The maximum Gasteiger partial charge on any atom is 0.416 e. The number of benzene rings is 2. The Bertz CT molecular complexity index is 593. The van der Waals surface area contributed by atoms with Crippen molar-refractivity contribution in [3.8, 4) is 5.75 Å². The zero-order valence-corrected chi connectivity index (χ0v) is 11.3. The zero-order valence-electron chi connectivity index (χ0n) is 11.3. The fraction of sp³-hybridized carbons (Fsp3) is 0.250. The molecule has 1 atom stereocenters. The van der Waals surface area contributed by atoms with Crippen molar-refractivity contribution < 1.29 is 18.3 Å². The van der Waals surface area contributed by atoms with Gasteiger partial charge in [0.1, 0.15) is 5.75 Å². The zero-order chi connectivity index (χ0) is 15.5. The Hall–Kier alpha value is -2.01. The average molecular weight is 295 g/mol. The van der Waals surface area contributed by atoms with Crippen LogP contribution in [0.2, 0.25) is 0 Å². The highest BCUT2D eigenvalue weighted by molar-refractivity contribution is 5.32. The van der Waals surface area contributed by atoms with Gasteiger partial charge in [-0.3, -0.25) is 0 Å². The van der Waals surface area contributed by atoms with Gasteiger partial charge in [-0.05, 0) is 42.3 Å². The summed E-state index contributed by atoms with van der Waals surface area (Å²) in [5.41, 5.74) is 6.57. The van der Waals surface area contributed by atoms with Gasteiger partial charge in [-0.2, -0.15) is 13.2 Å². The highest BCUT2D eigenvalue weighted by Gasteiger charge is 2.30. The van der Waals surface area contributed by atoms with Gasteiger partial charge >= 0.3 is 6.18 Å². The van der Waals surface area contributed by atoms with Crippen molar-refractivity contribution in [1.82, 2.24) is 0 Å². The summed E-state index contributed by atoms with van der Waals surface area (Å²) in [6.45, 7) is 0.320. The third-order valence-electron chi connectivity index (χ3n) is 3.39. The van der Waals surface area contributed by atoms with Gasteiger partial charge in [0, 0.05) is 5.92 Å². The normalized spacial score (nSPS) is 13.1. The number of hydrogen-bond acceptors (Lipinski definition) is 2. The van der Waals surface area contributed by atoms with E-state index in [0.717, 1.165) is 17.7 Å². The lowest BCUT2D eigenvalue weighted by molar-refractivity contribution is -0.137. The first-order valence-corrected chi connectivity index (χ1v) is 6.55. The predicted octanol–water partition coefficient (Wildman–Crippen LogP) is 3.70. The fourth-order valence-electron chi connectivity index (χ4n) is 2.24. The van der Waals surface area contributed by atoms with Crippen LogP contribution in [0.5, 0.6) is 5.75 Å². The molecule has 5 heteroatoms. The molecule has 0 saturated carbocycles. The lowest BCUT2D eigenvalue weighted by Crippen LogP contribution is -2.15. The second-order valence-electron chi connectivity index (χ2n) is 4.93. The van der Waals surface area contributed by atoms with Gasteiger partial charge in [0.25, 0.3) is 0 Å². The summed E-state index contributed by atoms with van der Waals surface area (Å²) in [6, 6.07) is 11.8. The molecule has 2 nitrogen and oxygen atoms in total. The van der Waals surface area contributed by atoms with Crippen molar-refractivity contribution in [3.63, 3.8) is 0 Å². The third-order valence-corrected chi connectivity index (χ3v) is 3.39. The van der Waals surface area contributed by atoms with Gasteiger partial charge in [0.2, 0.25) is 0 Å². The smallest absolute Gasteiger partial charge is 0.416 e. The first-order valence-electron chi connectivity index (χ1n) is 6.55. The number of phenolic OH excluding ortho intramolecular Hbond substituents is 1. The van der Waals surface area contributed by atoms with E-state index in [1.54, 1.807) is 30.3 Å². The number of alkyl halides is 3. The lowest BCUT2D eigenvalue weighted by atomic mass is 9.91. The summed E-state index contributed by atoms with van der Waals surface area (Å²) in [6.07, 6.45) is -3.92. The Labute approximate surface area is 121 Å². The van der Waals surface area contributed by atoms with E-state index in [1.165, 1.54) is 6.07 Å². The van der Waals surface area contributed by atoms with Gasteiger partial charge in [0.05, 0.1) is 5.56 Å². The molecule has 2 aromatic rings. The van der Waals surface area contributed by atoms with Crippen LogP contribution in [0.25, 0.3) is 0 Å². The molecule has 2 aromatic carbocycles. The molecule has 112 valence electrons. The van der Waals surface area contributed by atoms with E-state index >= 15 is 0 Å². The van der Waals surface area contributed by atoms with Crippen molar-refractivity contribution in [1.29, 1.82) is 0 Å². The summed E-state index contributed by atoms with van der Waals surface area (Å²) < 4.78 is 38.1. The van der Waals surface area contributed by atoms with E-state index in [0.29, 0.717) is 18.5 Å². The predicted molar refractivity (Wildman–Crippen MR) is 75.1 cm³/mol. The van der Waals surface area contributed by atoms with Crippen molar-refractivity contribution in [2.24, 2.45) is 5.73 Å². The Kier molecular flexibility index (Phi) is 4.53. The van der Waals surface area contributed by atoms with Crippen molar-refractivity contribution >= 4 is 0 Å². The summed E-state index contributed by atoms with van der Waals surface area (Å²) in [7, 11) is 0. The number of halogens is 3. The Balaban J connectivity index is 2.21. The summed E-state index contributed by atoms with van der Waals surface area (Å²) in [4.78, 5) is 0. The molecule has 0 heterocycles. The average Bonchev–Trinajstić information content (AvgIpc) is 2.45. The number of hydrogen-bond donors (Lipinski definition) is 2. The highest BCUT2D eigenvalue weighted by Crippen LogP contribution is 2.30. The van der Waals surface area contributed by atoms with Gasteiger partial charge in [-0.1, -0.05) is 30.3 Å². The molecule has 1 unspecified atom stereocenters. The lowest BCUT2D eigenvalue weighted by Gasteiger charge is -2.16. The largest absolute Gasteiger partial charge is 0.508 e. The van der Waals surface area contributed by atoms with E-state index in [4.69, 9.17) is 5.73 Å². The molecule has 3 N–H and O–H groups in total. The SMILES string of the molecule is NCC(Cc1cccc(C(F)(F)F)c1)c1ccc(O)cc1. The third kappa shape index (κ3) is 3.98. The molecule has 0 aliphatic heterocycles. The minimum atomic E-state index is -4.34. The van der Waals surface area contributed by atoms with Crippen molar-refractivity contribution in [3.05, 3.63) is 65.2 Å². The van der Waals surface area contributed by atoms with Gasteiger partial charge in [0.15, 0.2) is 0 Å². The molecule has 0 radical (unpaired) electrons. The van der Waals surface area contributed by atoms with E-state index in [1.807, 2.05) is 0 Å². The quantitative estimate of drug-likeness (QED) is 0.903. The molecular weight excluding hydrogens is 279 g/mol. The molecule has 0 fully saturated rings. The molecule has 0 bridgehead atoms. The molecule has 0 aromatic heterocycles. The molecule has 21 heavy (non-hydrogen) atoms. The van der Waals surface area contributed by atoms with Crippen LogP contribution < -0.4 is 5.73 Å². The van der Waals surface area contributed by atoms with E-state index < -0.39 is 11.7 Å². The van der Waals surface area contributed by atoms with Crippen LogP contribution >= 0.6 is 0 Å². The Morgan fingerprint density at radius 1 is 1.05 bits per heavy atom. The fourth-order valence-corrected chi connectivity index (χ4v) is 2.24. The molecule has 0 amide bonds. The summed E-state index contributed by atoms with van der Waals surface area (Å²) in [5.74, 6) is 0.0580. The van der Waals surface area contributed by atoms with E-state index in [-0.39, 0.29) is 11.7 Å². The van der Waals surface area contributed by atoms with Crippen molar-refractivity contribution in [2.45, 2.75) is 18.5 Å². The Morgan fingerprint density at radius 3 is 2.29 bits per heavy atom. The van der Waals surface area contributed by atoms with E-state index in [2.05, 4.69) is 0 Å². The highest BCUT2D eigenvalue weighted by atomic mass is 19.4. The van der Waals surface area contributed by atoms with Crippen LogP contribution in [0.1, 0.15) is 22.6 Å². The second-order valence-corrected chi connectivity index (χ2v) is 4.93. The minimum absolute atomic E-state index is 0.0888. The molecule has 2 rings (SSSR count). The minimum Gasteiger partial charge on any atom is -0.508 e. The van der Waals surface area contributed by atoms with Crippen molar-refractivity contribution in [2.75, 3.05) is 6.54 Å². The number of phenols is 1. The second kappa shape index (κ2) is 6.18. The molecule has 0 spiro atoms. The van der Waals surface area contributed by atoms with E-state index in [9.17, 15) is 18.3 Å². The molecule has 0 saturated heterocycles. The molecule has 0 aliphatic rings. The number of aromatic hydroxyl groups is 1. The Morgan fingerprint density at radius 2 is 1.71 bits per heavy atom. The number of nitrogens with two attached hydrogens (primary N) is 1. The first kappa shape index (κ1) is 15.4. The topological polar surface area (TPSA) is 46.2 Å². The number of rotatable bonds is 4. The first-order chi connectivity index (χ1) is 9.90. The monoisotopic (exact) mass is 295 g/mol. The van der Waals surface area contributed by atoms with Crippen LogP contribution in [0.3, 0.4) is 0 Å². The van der Waals surface area contributed by atoms with Gasteiger partial charge in [-0.15, -0.1) is 0 Å². The standard InChI is InChI=1S/C16H16F3NO/c17-16(18,19)14-3-1-2-11(9-14)8-13(10-20)12-4-6-15(21)7-5-12/h1-7,9,13,21H,8,10,20H2. The molecule has 0 aliphatic carbocycles. The van der Waals surface area contributed by atoms with Gasteiger partial charge < -0.3 is 10.8 Å². The van der Waals surface area contributed by atoms with Crippen LogP contribution in [0.15, 0.2) is 48.5 Å². The van der Waals surface area contributed by atoms with Crippen LogP contribution in [0.4, 0.5) is 13.2 Å². The maximum atomic E-state index is 12.7. The maximum absolute atomic E-state index is 12.7. The van der Waals surface area contributed by atoms with Crippen LogP contribution in [0, 0.1) is 0 Å². The summed E-state index contributed by atoms with van der Waals surface area (Å²) >= 11 is 0. The summed E-state index contributed by atoms with van der Waals surface area (Å²) in [5, 5.41) is 9.27. The van der Waals surface area contributed by atoms with Gasteiger partial charge in [-0.25, -0.2) is 0 Å². The van der Waals surface area contributed by atoms with Crippen LogP contribution in [-0.2, 0) is 12.6 Å².